The number of nitrogens with one attached hydrogen (secondary N) is 1. The number of hydrogen-bond donors (Lipinski definition) is 1. The second-order valence-corrected chi connectivity index (χ2v) is 5.52. The minimum atomic E-state index is 0.0939. The van der Waals surface area contributed by atoms with Gasteiger partial charge in [0.2, 0.25) is 5.91 Å². The number of amides is 1. The number of aryl methyl sites for hydroxylation is 1. The highest BCUT2D eigenvalue weighted by molar-refractivity contribution is 5.80. The number of carbonyl (C=O) groups excluding carboxylic acids is 1. The van der Waals surface area contributed by atoms with Crippen LogP contribution in [0.15, 0.2) is 48.5 Å². The van der Waals surface area contributed by atoms with Crippen LogP contribution in [0.2, 0.25) is 0 Å². The number of hydrogen-bond acceptors (Lipinski definition) is 1. The maximum atomic E-state index is 12.3. The van der Waals surface area contributed by atoms with E-state index in [1.807, 2.05) is 24.3 Å². The first-order chi connectivity index (χ1) is 9.74. The molecule has 1 aliphatic carbocycles. The molecule has 0 saturated carbocycles. The first-order valence-electron chi connectivity index (χ1n) is 7.13. The Morgan fingerprint density at radius 2 is 1.65 bits per heavy atom. The smallest absolute Gasteiger partial charge is 0.224 e. The third-order valence-corrected chi connectivity index (χ3v) is 4.14. The molecule has 1 amide bonds. The van der Waals surface area contributed by atoms with Gasteiger partial charge in [-0.2, -0.15) is 0 Å². The first kappa shape index (κ1) is 12.9. The number of benzene rings is 2. The molecule has 0 heterocycles. The number of carbonyl (C=O) groups is 1. The van der Waals surface area contributed by atoms with Gasteiger partial charge in [0.05, 0.1) is 0 Å². The Bertz CT molecular complexity index is 608. The Morgan fingerprint density at radius 1 is 1.05 bits per heavy atom. The molecule has 1 aliphatic rings. The van der Waals surface area contributed by atoms with Gasteiger partial charge < -0.3 is 5.32 Å². The lowest BCUT2D eigenvalue weighted by Gasteiger charge is -2.11. The van der Waals surface area contributed by atoms with Crippen LogP contribution in [0, 0.1) is 12.8 Å². The second kappa shape index (κ2) is 5.49. The Kier molecular flexibility index (Phi) is 3.55. The Hall–Kier alpha value is -2.09. The van der Waals surface area contributed by atoms with Crippen LogP contribution in [0.4, 0.5) is 0 Å². The Morgan fingerprint density at radius 3 is 2.30 bits per heavy atom. The summed E-state index contributed by atoms with van der Waals surface area (Å²) in [6, 6.07) is 16.5. The highest BCUT2D eigenvalue weighted by atomic mass is 16.1. The summed E-state index contributed by atoms with van der Waals surface area (Å²) in [6.45, 7) is 2.70. The highest BCUT2D eigenvalue weighted by Crippen LogP contribution is 2.26. The van der Waals surface area contributed by atoms with Gasteiger partial charge in [-0.25, -0.2) is 0 Å². The molecule has 0 bridgehead atoms. The van der Waals surface area contributed by atoms with Crippen molar-refractivity contribution in [3.8, 4) is 0 Å². The van der Waals surface area contributed by atoms with E-state index in [0.717, 1.165) is 12.8 Å². The zero-order valence-electron chi connectivity index (χ0n) is 11.7. The van der Waals surface area contributed by atoms with Crippen molar-refractivity contribution in [2.24, 2.45) is 5.92 Å². The predicted molar refractivity (Wildman–Crippen MR) is 80.4 cm³/mol. The lowest BCUT2D eigenvalue weighted by molar-refractivity contribution is -0.124. The number of rotatable bonds is 3. The van der Waals surface area contributed by atoms with Gasteiger partial charge in [0.1, 0.15) is 0 Å². The van der Waals surface area contributed by atoms with Crippen LogP contribution in [0.5, 0.6) is 0 Å². The van der Waals surface area contributed by atoms with E-state index in [1.165, 1.54) is 22.3 Å². The summed E-state index contributed by atoms with van der Waals surface area (Å²) in [6.07, 6.45) is 1.74. The van der Waals surface area contributed by atoms with Gasteiger partial charge in [-0.05, 0) is 42.0 Å². The molecule has 0 atom stereocenters. The van der Waals surface area contributed by atoms with E-state index in [1.54, 1.807) is 0 Å². The molecule has 2 aromatic carbocycles. The highest BCUT2D eigenvalue weighted by Gasteiger charge is 2.26. The van der Waals surface area contributed by atoms with Crippen molar-refractivity contribution < 1.29 is 4.79 Å². The largest absolute Gasteiger partial charge is 0.352 e. The normalized spacial score (nSPS) is 14.1. The molecule has 0 radical (unpaired) electrons. The second-order valence-electron chi connectivity index (χ2n) is 5.52. The van der Waals surface area contributed by atoms with Crippen LogP contribution in [-0.4, -0.2) is 5.91 Å². The molecule has 2 nitrogen and oxygen atoms in total. The maximum Gasteiger partial charge on any atom is 0.224 e. The van der Waals surface area contributed by atoms with E-state index in [9.17, 15) is 4.79 Å². The Balaban J connectivity index is 1.61. The molecular formula is C18H19NO. The van der Waals surface area contributed by atoms with Crippen LogP contribution in [-0.2, 0) is 24.2 Å². The van der Waals surface area contributed by atoms with Crippen LogP contribution in [0.3, 0.4) is 0 Å². The SMILES string of the molecule is Cc1ccccc1CNC(=O)C1Cc2ccccc2C1. The molecule has 0 unspecified atom stereocenters. The van der Waals surface area contributed by atoms with Crippen molar-refractivity contribution in [1.82, 2.24) is 5.32 Å². The maximum absolute atomic E-state index is 12.3. The molecule has 2 heteroatoms. The van der Waals surface area contributed by atoms with Gasteiger partial charge in [-0.3, -0.25) is 4.79 Å². The fourth-order valence-corrected chi connectivity index (χ4v) is 2.88. The van der Waals surface area contributed by atoms with Crippen molar-refractivity contribution in [3.63, 3.8) is 0 Å². The molecule has 3 rings (SSSR count). The molecule has 1 N–H and O–H groups in total. The van der Waals surface area contributed by atoms with Crippen molar-refractivity contribution in [2.45, 2.75) is 26.3 Å². The lowest BCUT2D eigenvalue weighted by atomic mass is 10.0. The van der Waals surface area contributed by atoms with E-state index in [2.05, 4.69) is 36.5 Å². The van der Waals surface area contributed by atoms with Crippen LogP contribution in [0.25, 0.3) is 0 Å². The van der Waals surface area contributed by atoms with E-state index in [0.29, 0.717) is 6.54 Å². The lowest BCUT2D eigenvalue weighted by Crippen LogP contribution is -2.30. The monoisotopic (exact) mass is 265 g/mol. The van der Waals surface area contributed by atoms with Gasteiger partial charge in [0.25, 0.3) is 0 Å². The van der Waals surface area contributed by atoms with E-state index in [4.69, 9.17) is 0 Å². The van der Waals surface area contributed by atoms with Gasteiger partial charge in [-0.1, -0.05) is 48.5 Å². The van der Waals surface area contributed by atoms with E-state index < -0.39 is 0 Å². The van der Waals surface area contributed by atoms with Crippen LogP contribution >= 0.6 is 0 Å². The van der Waals surface area contributed by atoms with Gasteiger partial charge in [0.15, 0.2) is 0 Å². The molecule has 0 aromatic heterocycles. The minimum Gasteiger partial charge on any atom is -0.352 e. The molecule has 0 fully saturated rings. The summed E-state index contributed by atoms with van der Waals surface area (Å²) >= 11 is 0. The molecule has 102 valence electrons. The summed E-state index contributed by atoms with van der Waals surface area (Å²) in [4.78, 5) is 12.3. The summed E-state index contributed by atoms with van der Waals surface area (Å²) in [7, 11) is 0. The Labute approximate surface area is 119 Å². The van der Waals surface area contributed by atoms with Crippen molar-refractivity contribution in [1.29, 1.82) is 0 Å². The third kappa shape index (κ3) is 2.60. The molecule has 0 saturated heterocycles. The zero-order valence-corrected chi connectivity index (χ0v) is 11.7. The summed E-state index contributed by atoms with van der Waals surface area (Å²) < 4.78 is 0. The minimum absolute atomic E-state index is 0.0939. The van der Waals surface area contributed by atoms with Crippen molar-refractivity contribution in [2.75, 3.05) is 0 Å². The molecule has 0 aliphatic heterocycles. The third-order valence-electron chi connectivity index (χ3n) is 4.14. The average Bonchev–Trinajstić information content (AvgIpc) is 2.90. The van der Waals surface area contributed by atoms with Gasteiger partial charge >= 0.3 is 0 Å². The van der Waals surface area contributed by atoms with Crippen LogP contribution < -0.4 is 5.32 Å². The summed E-state index contributed by atoms with van der Waals surface area (Å²) in [5.74, 6) is 0.265. The fourth-order valence-electron chi connectivity index (χ4n) is 2.88. The zero-order chi connectivity index (χ0) is 13.9. The molecule has 2 aromatic rings. The standard InChI is InChI=1S/C18H19NO/c1-13-6-2-3-9-16(13)12-19-18(20)17-10-14-7-4-5-8-15(14)11-17/h2-9,17H,10-12H2,1H3,(H,19,20). The first-order valence-corrected chi connectivity index (χ1v) is 7.13. The summed E-state index contributed by atoms with van der Waals surface area (Å²) in [5, 5.41) is 3.08. The van der Waals surface area contributed by atoms with E-state index in [-0.39, 0.29) is 11.8 Å². The van der Waals surface area contributed by atoms with Crippen LogP contribution in [0.1, 0.15) is 22.3 Å². The van der Waals surface area contributed by atoms with Gasteiger partial charge in [0, 0.05) is 12.5 Å². The molecule has 20 heavy (non-hydrogen) atoms. The van der Waals surface area contributed by atoms with Crippen molar-refractivity contribution in [3.05, 3.63) is 70.8 Å². The van der Waals surface area contributed by atoms with Crippen molar-refractivity contribution >= 4 is 5.91 Å². The molecular weight excluding hydrogens is 246 g/mol. The quantitative estimate of drug-likeness (QED) is 0.908. The fraction of sp³-hybridized carbons (Fsp3) is 0.278. The topological polar surface area (TPSA) is 29.1 Å². The summed E-state index contributed by atoms with van der Waals surface area (Å²) in [5.41, 5.74) is 5.06. The number of fused-ring (bicyclic) bond motifs is 1. The van der Waals surface area contributed by atoms with E-state index >= 15 is 0 Å². The van der Waals surface area contributed by atoms with Gasteiger partial charge in [-0.15, -0.1) is 0 Å². The average molecular weight is 265 g/mol. The predicted octanol–water partition coefficient (Wildman–Crippen LogP) is 3.03. The molecule has 0 spiro atoms.